The second-order valence-corrected chi connectivity index (χ2v) is 16.0. The number of rotatable bonds is 10. The Balaban J connectivity index is 1.19. The standard InChI is InChI=1S/C37H27ClN2O5S4/c38-25-13-14-27-28(41)20-31(49-29(27)18-25)47-17-15-24-21-48-36-32(39-30(42)19-26-12-7-16-46-26)35(43)40(36)33(24)37(44)45-34(22-8-3-1-4-9-22)23-10-5-2-6-11-23/h1-18,20,32,34,36H,19,21H2,(H,39,42)/t32?,36-/m1/s1. The van der Waals surface area contributed by atoms with E-state index in [1.165, 1.54) is 51.1 Å². The van der Waals surface area contributed by atoms with E-state index in [-0.39, 0.29) is 29.4 Å². The third-order valence-electron chi connectivity index (χ3n) is 7.97. The zero-order chi connectivity index (χ0) is 33.9. The molecule has 1 fully saturated rings. The van der Waals surface area contributed by atoms with Crippen LogP contribution in [-0.4, -0.2) is 39.9 Å². The van der Waals surface area contributed by atoms with Gasteiger partial charge in [-0.3, -0.25) is 19.3 Å². The Hall–Kier alpha value is -4.13. The van der Waals surface area contributed by atoms with Crippen LogP contribution in [0.2, 0.25) is 5.02 Å². The summed E-state index contributed by atoms with van der Waals surface area (Å²) in [6, 6.07) is 28.7. The molecular weight excluding hydrogens is 716 g/mol. The lowest BCUT2D eigenvalue weighted by Gasteiger charge is -2.49. The maximum absolute atomic E-state index is 14.2. The van der Waals surface area contributed by atoms with Crippen LogP contribution in [0, 0.1) is 0 Å². The van der Waals surface area contributed by atoms with Crippen LogP contribution in [0.3, 0.4) is 0 Å². The van der Waals surface area contributed by atoms with Gasteiger partial charge in [0.1, 0.15) is 17.1 Å². The maximum atomic E-state index is 14.2. The number of hydrogen-bond acceptors (Lipinski definition) is 9. The van der Waals surface area contributed by atoms with Gasteiger partial charge in [0.2, 0.25) is 5.91 Å². The van der Waals surface area contributed by atoms with Gasteiger partial charge in [-0.1, -0.05) is 90.1 Å². The van der Waals surface area contributed by atoms with Gasteiger partial charge < -0.3 is 10.1 Å². The van der Waals surface area contributed by atoms with Crippen LogP contribution in [-0.2, 0) is 25.5 Å². The summed E-state index contributed by atoms with van der Waals surface area (Å²) in [5.74, 6) is -0.865. The number of thiophene rings is 1. The Labute approximate surface area is 303 Å². The molecule has 2 aromatic heterocycles. The summed E-state index contributed by atoms with van der Waals surface area (Å²) in [5, 5.41) is 7.28. The van der Waals surface area contributed by atoms with Crippen LogP contribution < -0.4 is 10.7 Å². The number of thioether (sulfide) groups is 2. The predicted octanol–water partition coefficient (Wildman–Crippen LogP) is 7.81. The van der Waals surface area contributed by atoms with Gasteiger partial charge in [0.25, 0.3) is 5.91 Å². The highest BCUT2D eigenvalue weighted by Crippen LogP contribution is 2.42. The highest BCUT2D eigenvalue weighted by atomic mass is 35.5. The molecule has 7 rings (SSSR count). The van der Waals surface area contributed by atoms with E-state index in [0.29, 0.717) is 21.7 Å². The van der Waals surface area contributed by atoms with Crippen molar-refractivity contribution in [1.82, 2.24) is 10.2 Å². The van der Waals surface area contributed by atoms with E-state index < -0.39 is 23.5 Å². The van der Waals surface area contributed by atoms with Gasteiger partial charge in [0.15, 0.2) is 11.5 Å². The molecule has 2 aliphatic rings. The van der Waals surface area contributed by atoms with E-state index in [1.807, 2.05) is 83.6 Å². The van der Waals surface area contributed by atoms with Gasteiger partial charge in [0.05, 0.1) is 10.6 Å². The van der Waals surface area contributed by atoms with Crippen molar-refractivity contribution in [2.45, 2.75) is 28.1 Å². The molecule has 2 amide bonds. The van der Waals surface area contributed by atoms with Crippen molar-refractivity contribution in [3.05, 3.63) is 156 Å². The molecule has 0 saturated carbocycles. The van der Waals surface area contributed by atoms with Crippen LogP contribution in [0.25, 0.3) is 10.1 Å². The number of nitrogens with one attached hydrogen (secondary N) is 1. The molecule has 0 spiro atoms. The quantitative estimate of drug-likeness (QED) is 0.0887. The Morgan fingerprint density at radius 2 is 1.71 bits per heavy atom. The molecule has 7 nitrogen and oxygen atoms in total. The van der Waals surface area contributed by atoms with Crippen molar-refractivity contribution >= 4 is 85.7 Å². The van der Waals surface area contributed by atoms with Crippen LogP contribution >= 0.6 is 57.8 Å². The first-order valence-corrected chi connectivity index (χ1v) is 19.2. The van der Waals surface area contributed by atoms with Crippen LogP contribution in [0.5, 0.6) is 0 Å². The van der Waals surface area contributed by atoms with Gasteiger partial charge in [-0.25, -0.2) is 4.79 Å². The number of ether oxygens (including phenoxy) is 1. The monoisotopic (exact) mass is 742 g/mol. The molecule has 3 aromatic carbocycles. The van der Waals surface area contributed by atoms with E-state index in [2.05, 4.69) is 5.32 Å². The molecule has 5 aromatic rings. The molecule has 12 heteroatoms. The summed E-state index contributed by atoms with van der Waals surface area (Å²) >= 11 is 11.9. The number of fused-ring (bicyclic) bond motifs is 2. The smallest absolute Gasteiger partial charge is 0.356 e. The molecule has 1 unspecified atom stereocenters. The number of β-lactam (4-membered cyclic amide) rings is 1. The fourth-order valence-corrected chi connectivity index (χ4v) is 9.93. The van der Waals surface area contributed by atoms with Crippen molar-refractivity contribution in [1.29, 1.82) is 0 Å². The van der Waals surface area contributed by atoms with E-state index in [4.69, 9.17) is 16.3 Å². The molecule has 0 radical (unpaired) electrons. The third-order valence-corrected chi connectivity index (χ3v) is 12.4. The number of halogens is 1. The van der Waals surface area contributed by atoms with Crippen molar-refractivity contribution in [3.63, 3.8) is 0 Å². The number of carbonyl (C=O) groups excluding carboxylic acids is 3. The summed E-state index contributed by atoms with van der Waals surface area (Å²) in [5.41, 5.74) is 2.22. The molecule has 1 N–H and O–H groups in total. The second kappa shape index (κ2) is 14.8. The first kappa shape index (κ1) is 33.4. The number of amides is 2. The number of esters is 1. The molecule has 2 atom stereocenters. The molecule has 4 heterocycles. The minimum atomic E-state index is -0.763. The summed E-state index contributed by atoms with van der Waals surface area (Å²) in [6.45, 7) is 0. The molecular formula is C37H27ClN2O5S4. The lowest BCUT2D eigenvalue weighted by molar-refractivity contribution is -0.154. The number of benzene rings is 3. The fraction of sp³-hybridized carbons (Fsp3) is 0.135. The Morgan fingerprint density at radius 1 is 0.980 bits per heavy atom. The molecule has 246 valence electrons. The first-order valence-electron chi connectivity index (χ1n) is 15.2. The molecule has 0 aliphatic carbocycles. The fourth-order valence-electron chi connectivity index (χ4n) is 5.65. The average molecular weight is 743 g/mol. The SMILES string of the molecule is O=C(Cc1cccs1)NC1C(=O)N2C(C(=O)OC(c3ccccc3)c3ccccc3)=C(C=CSc3cc(=O)c4ccc(Cl)cc4s3)CS[C@H]12. The van der Waals surface area contributed by atoms with E-state index in [0.717, 1.165) is 24.9 Å². The Kier molecular flexibility index (Phi) is 10.1. The largest absolute Gasteiger partial charge is 0.448 e. The van der Waals surface area contributed by atoms with Gasteiger partial charge in [-0.15, -0.1) is 34.4 Å². The summed E-state index contributed by atoms with van der Waals surface area (Å²) in [7, 11) is 0. The van der Waals surface area contributed by atoms with E-state index >= 15 is 0 Å². The molecule has 2 aliphatic heterocycles. The van der Waals surface area contributed by atoms with Crippen LogP contribution in [0.4, 0.5) is 0 Å². The highest BCUT2D eigenvalue weighted by molar-refractivity contribution is 8.04. The van der Waals surface area contributed by atoms with Gasteiger partial charge in [0, 0.05) is 31.8 Å². The minimum Gasteiger partial charge on any atom is -0.448 e. The zero-order valence-corrected chi connectivity index (χ0v) is 29.6. The van der Waals surface area contributed by atoms with Gasteiger partial charge >= 0.3 is 5.97 Å². The number of carbonyl (C=O) groups is 3. The topological polar surface area (TPSA) is 92.8 Å². The van der Waals surface area contributed by atoms with Gasteiger partial charge in [-0.05, 0) is 57.8 Å². The maximum Gasteiger partial charge on any atom is 0.356 e. The number of nitrogens with zero attached hydrogens (tertiary/aromatic N) is 1. The normalized spacial score (nSPS) is 17.3. The summed E-state index contributed by atoms with van der Waals surface area (Å²) in [6.07, 6.45) is 1.26. The molecule has 0 bridgehead atoms. The highest BCUT2D eigenvalue weighted by Gasteiger charge is 2.54. The van der Waals surface area contributed by atoms with Crippen molar-refractivity contribution in [2.75, 3.05) is 5.75 Å². The van der Waals surface area contributed by atoms with Crippen molar-refractivity contribution in [2.24, 2.45) is 0 Å². The first-order chi connectivity index (χ1) is 23.9. The lowest BCUT2D eigenvalue weighted by Crippen LogP contribution is -2.70. The molecule has 1 saturated heterocycles. The number of allylic oxidation sites excluding steroid dienone is 1. The van der Waals surface area contributed by atoms with Crippen LogP contribution in [0.15, 0.2) is 134 Å². The summed E-state index contributed by atoms with van der Waals surface area (Å²) < 4.78 is 7.77. The van der Waals surface area contributed by atoms with E-state index in [1.54, 1.807) is 30.3 Å². The minimum absolute atomic E-state index is 0.105. The third kappa shape index (κ3) is 7.27. The zero-order valence-electron chi connectivity index (χ0n) is 25.6. The Bertz CT molecular complexity index is 2110. The van der Waals surface area contributed by atoms with Gasteiger partial charge in [-0.2, -0.15) is 0 Å². The second-order valence-electron chi connectivity index (χ2n) is 11.2. The number of hydrogen-bond donors (Lipinski definition) is 1. The van der Waals surface area contributed by atoms with Crippen molar-refractivity contribution < 1.29 is 19.1 Å². The van der Waals surface area contributed by atoms with E-state index in [9.17, 15) is 19.2 Å². The average Bonchev–Trinajstić information content (AvgIpc) is 3.62. The predicted molar refractivity (Wildman–Crippen MR) is 199 cm³/mol. The lowest BCUT2D eigenvalue weighted by atomic mass is 10.0. The molecule has 49 heavy (non-hydrogen) atoms. The van der Waals surface area contributed by atoms with Crippen molar-refractivity contribution in [3.8, 4) is 0 Å². The van der Waals surface area contributed by atoms with Crippen LogP contribution in [0.1, 0.15) is 22.1 Å². The summed E-state index contributed by atoms with van der Waals surface area (Å²) in [4.78, 5) is 55.9. The Morgan fingerprint density at radius 3 is 2.41 bits per heavy atom.